The van der Waals surface area contributed by atoms with Crippen molar-refractivity contribution in [1.29, 1.82) is 0 Å². The van der Waals surface area contributed by atoms with Crippen molar-refractivity contribution in [2.75, 3.05) is 25.6 Å². The van der Waals surface area contributed by atoms with Crippen LogP contribution in [0.3, 0.4) is 0 Å². The van der Waals surface area contributed by atoms with Crippen molar-refractivity contribution in [3.05, 3.63) is 18.0 Å². The first kappa shape index (κ1) is 17.2. The first-order chi connectivity index (χ1) is 9.11. The Morgan fingerprint density at radius 2 is 1.90 bits per heavy atom. The molecule has 0 spiro atoms. The van der Waals surface area contributed by atoms with Crippen molar-refractivity contribution in [2.24, 2.45) is 0 Å². The summed E-state index contributed by atoms with van der Waals surface area (Å²) in [5.74, 6) is -0.232. The Morgan fingerprint density at radius 1 is 1.30 bits per heavy atom. The first-order valence-electron chi connectivity index (χ1n) is 6.05. The van der Waals surface area contributed by atoms with Gasteiger partial charge in [-0.3, -0.25) is 0 Å². The lowest BCUT2D eigenvalue weighted by atomic mass is 10.4. The number of nitrogens with zero attached hydrogens (tertiary/aromatic N) is 2. The minimum Gasteiger partial charge on any atom is -0.390 e. The molecule has 9 heteroatoms. The normalized spacial score (nSPS) is 13.1. The van der Waals surface area contributed by atoms with Gasteiger partial charge in [0.05, 0.1) is 12.4 Å². The van der Waals surface area contributed by atoms with Gasteiger partial charge in [-0.25, -0.2) is 16.8 Å². The van der Waals surface area contributed by atoms with E-state index < -0.39 is 19.9 Å². The predicted octanol–water partition coefficient (Wildman–Crippen LogP) is -0.335. The van der Waals surface area contributed by atoms with Gasteiger partial charge in [-0.05, 0) is 13.0 Å². The summed E-state index contributed by atoms with van der Waals surface area (Å²) in [6.45, 7) is 2.02. The van der Waals surface area contributed by atoms with E-state index in [-0.39, 0.29) is 23.8 Å². The molecule has 0 atom stereocenters. The third kappa shape index (κ3) is 4.05. The molecule has 0 saturated heterocycles. The molecule has 0 aliphatic rings. The van der Waals surface area contributed by atoms with Crippen molar-refractivity contribution in [2.45, 2.75) is 25.0 Å². The van der Waals surface area contributed by atoms with E-state index in [2.05, 4.69) is 0 Å². The highest BCUT2D eigenvalue weighted by atomic mass is 32.2. The zero-order valence-corrected chi connectivity index (χ0v) is 13.4. The van der Waals surface area contributed by atoms with E-state index in [4.69, 9.17) is 5.11 Å². The summed E-state index contributed by atoms with van der Waals surface area (Å²) in [6, 6.07) is 1.40. The van der Waals surface area contributed by atoms with Gasteiger partial charge in [0, 0.05) is 38.3 Å². The number of rotatable bonds is 7. The second-order valence-corrected chi connectivity index (χ2v) is 8.87. The summed E-state index contributed by atoms with van der Waals surface area (Å²) in [7, 11) is -5.64. The number of sulfonamides is 1. The summed E-state index contributed by atoms with van der Waals surface area (Å²) in [5, 5.41) is 9.17. The molecule has 0 aromatic carbocycles. The molecule has 1 aromatic rings. The monoisotopic (exact) mass is 324 g/mol. The number of aryl methyl sites for hydroxylation is 1. The number of sulfone groups is 1. The molecule has 1 heterocycles. The zero-order valence-electron chi connectivity index (χ0n) is 11.8. The van der Waals surface area contributed by atoms with E-state index >= 15 is 0 Å². The quantitative estimate of drug-likeness (QED) is 0.740. The van der Waals surface area contributed by atoms with E-state index in [1.165, 1.54) is 19.3 Å². The fourth-order valence-corrected chi connectivity index (χ4v) is 3.65. The van der Waals surface area contributed by atoms with Crippen LogP contribution in [-0.4, -0.2) is 56.4 Å². The van der Waals surface area contributed by atoms with Gasteiger partial charge in [-0.15, -0.1) is 0 Å². The Kier molecular flexibility index (Phi) is 5.36. The number of aromatic nitrogens is 1. The summed E-state index contributed by atoms with van der Waals surface area (Å²) in [6.07, 6.45) is 2.50. The van der Waals surface area contributed by atoms with Gasteiger partial charge < -0.3 is 9.67 Å². The summed E-state index contributed by atoms with van der Waals surface area (Å²) >= 11 is 0. The highest BCUT2D eigenvalue weighted by Crippen LogP contribution is 2.18. The van der Waals surface area contributed by atoms with Crippen molar-refractivity contribution in [1.82, 2.24) is 8.87 Å². The first-order valence-corrected chi connectivity index (χ1v) is 9.56. The number of aliphatic hydroxyl groups is 1. The fraction of sp³-hybridized carbons (Fsp3) is 0.636. The van der Waals surface area contributed by atoms with Crippen LogP contribution in [-0.2, 0) is 33.0 Å². The molecule has 0 saturated carbocycles. The van der Waals surface area contributed by atoms with Gasteiger partial charge in [0.1, 0.15) is 14.7 Å². The Hall–Kier alpha value is -0.900. The van der Waals surface area contributed by atoms with Crippen LogP contribution in [0.5, 0.6) is 0 Å². The lowest BCUT2D eigenvalue weighted by Gasteiger charge is -2.15. The smallest absolute Gasteiger partial charge is 0.244 e. The standard InChI is InChI=1S/C11H20N2O5S2/c1-4-13-8-11(7-10(13)9-14)20(17,18)12(2)5-6-19(3,15)16/h7-8,14H,4-6,9H2,1-3H3. The lowest BCUT2D eigenvalue weighted by molar-refractivity contribution is 0.271. The van der Waals surface area contributed by atoms with Crippen LogP contribution in [0.25, 0.3) is 0 Å². The SMILES string of the molecule is CCn1cc(S(=O)(=O)N(C)CCS(C)(=O)=O)cc1CO. The average molecular weight is 324 g/mol. The minimum absolute atomic E-state index is 0.0550. The maximum atomic E-state index is 12.3. The van der Waals surface area contributed by atoms with Crippen molar-refractivity contribution in [3.63, 3.8) is 0 Å². The third-order valence-electron chi connectivity index (χ3n) is 2.95. The second kappa shape index (κ2) is 6.25. The molecule has 116 valence electrons. The molecule has 0 amide bonds. The highest BCUT2D eigenvalue weighted by molar-refractivity contribution is 7.91. The van der Waals surface area contributed by atoms with Crippen molar-refractivity contribution >= 4 is 19.9 Å². The third-order valence-corrected chi connectivity index (χ3v) is 5.70. The van der Waals surface area contributed by atoms with Crippen molar-refractivity contribution in [3.8, 4) is 0 Å². The van der Waals surface area contributed by atoms with Crippen LogP contribution in [0.15, 0.2) is 17.2 Å². The molecule has 0 radical (unpaired) electrons. The van der Waals surface area contributed by atoms with Crippen LogP contribution in [0.2, 0.25) is 0 Å². The Bertz CT molecular complexity index is 639. The Balaban J connectivity index is 3.01. The van der Waals surface area contributed by atoms with Gasteiger partial charge in [0.15, 0.2) is 0 Å². The molecule has 0 aliphatic carbocycles. The minimum atomic E-state index is -3.75. The van der Waals surface area contributed by atoms with E-state index in [0.717, 1.165) is 10.6 Å². The van der Waals surface area contributed by atoms with Crippen LogP contribution in [0.1, 0.15) is 12.6 Å². The van der Waals surface area contributed by atoms with Crippen LogP contribution in [0.4, 0.5) is 0 Å². The molecule has 1 rings (SSSR count). The predicted molar refractivity (Wildman–Crippen MR) is 75.6 cm³/mol. The summed E-state index contributed by atoms with van der Waals surface area (Å²) in [5.41, 5.74) is 0.502. The van der Waals surface area contributed by atoms with Gasteiger partial charge in [-0.2, -0.15) is 4.31 Å². The molecule has 0 unspecified atom stereocenters. The van der Waals surface area contributed by atoms with Crippen molar-refractivity contribution < 1.29 is 21.9 Å². The van der Waals surface area contributed by atoms with Gasteiger partial charge in [0.25, 0.3) is 0 Å². The topological polar surface area (TPSA) is 96.7 Å². The fourth-order valence-electron chi connectivity index (χ4n) is 1.69. The van der Waals surface area contributed by atoms with Crippen LogP contribution < -0.4 is 0 Å². The van der Waals surface area contributed by atoms with E-state index in [9.17, 15) is 16.8 Å². The molecule has 0 aliphatic heterocycles. The molecule has 7 nitrogen and oxygen atoms in total. The molecule has 0 bridgehead atoms. The largest absolute Gasteiger partial charge is 0.390 e. The number of hydrogen-bond donors (Lipinski definition) is 1. The maximum absolute atomic E-state index is 12.3. The molecular weight excluding hydrogens is 304 g/mol. The molecular formula is C11H20N2O5S2. The van der Waals surface area contributed by atoms with Gasteiger partial charge in [-0.1, -0.05) is 0 Å². The Labute approximate surface area is 119 Å². The van der Waals surface area contributed by atoms with E-state index in [1.54, 1.807) is 4.57 Å². The molecule has 1 N–H and O–H groups in total. The lowest BCUT2D eigenvalue weighted by Crippen LogP contribution is -2.31. The summed E-state index contributed by atoms with van der Waals surface area (Å²) in [4.78, 5) is 0.0550. The van der Waals surface area contributed by atoms with Crippen LogP contribution >= 0.6 is 0 Å². The maximum Gasteiger partial charge on any atom is 0.244 e. The van der Waals surface area contributed by atoms with E-state index in [1.807, 2.05) is 6.92 Å². The molecule has 1 aromatic heterocycles. The van der Waals surface area contributed by atoms with Gasteiger partial charge in [0.2, 0.25) is 10.0 Å². The summed E-state index contributed by atoms with van der Waals surface area (Å²) < 4.78 is 49.4. The molecule has 0 fully saturated rings. The number of aliphatic hydroxyl groups excluding tert-OH is 1. The number of hydrogen-bond acceptors (Lipinski definition) is 5. The average Bonchev–Trinajstić information content (AvgIpc) is 2.78. The molecule has 20 heavy (non-hydrogen) atoms. The van der Waals surface area contributed by atoms with E-state index in [0.29, 0.717) is 12.2 Å². The van der Waals surface area contributed by atoms with Gasteiger partial charge >= 0.3 is 0 Å². The zero-order chi connectivity index (χ0) is 15.6. The highest BCUT2D eigenvalue weighted by Gasteiger charge is 2.24. The van der Waals surface area contributed by atoms with Crippen LogP contribution in [0, 0.1) is 0 Å². The Morgan fingerprint density at radius 3 is 2.30 bits per heavy atom. The second-order valence-electron chi connectivity index (χ2n) is 4.57.